The van der Waals surface area contributed by atoms with Crippen LogP contribution in [0.3, 0.4) is 0 Å². The molecule has 1 rings (SSSR count). The third-order valence-corrected chi connectivity index (χ3v) is 2.92. The molecule has 0 atom stereocenters. The molecule has 2 nitrogen and oxygen atoms in total. The van der Waals surface area contributed by atoms with E-state index in [2.05, 4.69) is 11.6 Å². The molecule has 2 N–H and O–H groups in total. The van der Waals surface area contributed by atoms with Gasteiger partial charge in [-0.1, -0.05) is 0 Å². The van der Waals surface area contributed by atoms with Crippen molar-refractivity contribution in [3.8, 4) is 0 Å². The molecule has 0 aromatic carbocycles. The van der Waals surface area contributed by atoms with Crippen molar-refractivity contribution in [2.24, 2.45) is 0 Å². The summed E-state index contributed by atoms with van der Waals surface area (Å²) >= 11 is 1.81. The summed E-state index contributed by atoms with van der Waals surface area (Å²) < 4.78 is 0. The molecule has 1 fully saturated rings. The van der Waals surface area contributed by atoms with Gasteiger partial charge in [-0.3, -0.25) is 0 Å². The maximum Gasteiger partial charge on any atom is 0.0679 e. The molecule has 0 saturated carbocycles. The fourth-order valence-corrected chi connectivity index (χ4v) is 2.02. The van der Waals surface area contributed by atoms with Crippen LogP contribution < -0.4 is 5.32 Å². The average Bonchev–Trinajstić information content (AvgIpc) is 2.03. The molecule has 1 aliphatic rings. The minimum absolute atomic E-state index is 0.353. The monoisotopic (exact) mass is 175 g/mol. The number of thioether (sulfide) groups is 1. The van der Waals surface area contributed by atoms with E-state index in [0.717, 1.165) is 38.1 Å². The molecular weight excluding hydrogens is 158 g/mol. The summed E-state index contributed by atoms with van der Waals surface area (Å²) in [7, 11) is 0. The Bertz CT molecular complexity index is 113. The van der Waals surface area contributed by atoms with Crippen LogP contribution in [0.15, 0.2) is 0 Å². The van der Waals surface area contributed by atoms with Crippen LogP contribution >= 0.6 is 11.8 Å². The lowest BCUT2D eigenvalue weighted by atomic mass is 9.90. The Labute approximate surface area is 72.8 Å². The first-order chi connectivity index (χ1) is 5.27. The number of nitrogens with one attached hydrogen (secondary N) is 1. The van der Waals surface area contributed by atoms with E-state index in [0.29, 0.717) is 0 Å². The number of hydrogen-bond acceptors (Lipinski definition) is 3. The van der Waals surface area contributed by atoms with Gasteiger partial charge in [-0.05, 0) is 44.4 Å². The SMILES string of the molecule is CSCCC1(O)CCNCC1. The van der Waals surface area contributed by atoms with Gasteiger partial charge >= 0.3 is 0 Å². The fourth-order valence-electron chi connectivity index (χ4n) is 1.43. The van der Waals surface area contributed by atoms with Crippen molar-refractivity contribution in [1.29, 1.82) is 0 Å². The van der Waals surface area contributed by atoms with Crippen LogP contribution in [0.1, 0.15) is 19.3 Å². The molecule has 0 radical (unpaired) electrons. The van der Waals surface area contributed by atoms with E-state index in [-0.39, 0.29) is 5.60 Å². The third-order valence-electron chi connectivity index (χ3n) is 2.31. The van der Waals surface area contributed by atoms with Crippen LogP contribution in [-0.2, 0) is 0 Å². The van der Waals surface area contributed by atoms with Gasteiger partial charge in [0.15, 0.2) is 0 Å². The van der Waals surface area contributed by atoms with Gasteiger partial charge in [0.2, 0.25) is 0 Å². The zero-order valence-electron chi connectivity index (χ0n) is 7.10. The zero-order valence-corrected chi connectivity index (χ0v) is 7.91. The molecule has 0 aromatic heterocycles. The standard InChI is InChI=1S/C8H17NOS/c1-11-7-4-8(10)2-5-9-6-3-8/h9-10H,2-7H2,1H3. The van der Waals surface area contributed by atoms with Gasteiger partial charge in [0.05, 0.1) is 5.60 Å². The van der Waals surface area contributed by atoms with Crippen LogP contribution in [0.25, 0.3) is 0 Å². The van der Waals surface area contributed by atoms with E-state index >= 15 is 0 Å². The first kappa shape index (κ1) is 9.36. The Morgan fingerprint density at radius 2 is 2.09 bits per heavy atom. The van der Waals surface area contributed by atoms with Gasteiger partial charge in [0.1, 0.15) is 0 Å². The quantitative estimate of drug-likeness (QED) is 0.667. The molecule has 0 aliphatic carbocycles. The molecule has 1 aliphatic heterocycles. The van der Waals surface area contributed by atoms with Crippen LogP contribution in [0.4, 0.5) is 0 Å². The van der Waals surface area contributed by atoms with Crippen LogP contribution in [0, 0.1) is 0 Å². The fraction of sp³-hybridized carbons (Fsp3) is 1.00. The Hall–Kier alpha value is 0.270. The van der Waals surface area contributed by atoms with Crippen molar-refractivity contribution in [1.82, 2.24) is 5.32 Å². The predicted molar refractivity (Wildman–Crippen MR) is 50.1 cm³/mol. The summed E-state index contributed by atoms with van der Waals surface area (Å²) in [5, 5.41) is 13.2. The normalized spacial score (nSPS) is 23.5. The second-order valence-corrected chi connectivity index (χ2v) is 4.20. The number of piperidine rings is 1. The van der Waals surface area contributed by atoms with Crippen molar-refractivity contribution in [3.63, 3.8) is 0 Å². The maximum atomic E-state index is 9.95. The van der Waals surface area contributed by atoms with E-state index in [1.807, 2.05) is 11.8 Å². The smallest absolute Gasteiger partial charge is 0.0679 e. The highest BCUT2D eigenvalue weighted by atomic mass is 32.2. The zero-order chi connectivity index (χ0) is 8.16. The number of aliphatic hydroxyl groups is 1. The topological polar surface area (TPSA) is 32.3 Å². The van der Waals surface area contributed by atoms with Gasteiger partial charge in [-0.15, -0.1) is 0 Å². The molecule has 1 saturated heterocycles. The lowest BCUT2D eigenvalue weighted by molar-refractivity contribution is 0.00810. The first-order valence-corrected chi connectivity index (χ1v) is 5.58. The van der Waals surface area contributed by atoms with Gasteiger partial charge in [0.25, 0.3) is 0 Å². The van der Waals surface area contributed by atoms with E-state index in [1.54, 1.807) is 0 Å². The summed E-state index contributed by atoms with van der Waals surface area (Å²) in [6.07, 6.45) is 4.89. The van der Waals surface area contributed by atoms with Crippen LogP contribution in [-0.4, -0.2) is 35.8 Å². The van der Waals surface area contributed by atoms with E-state index in [1.165, 1.54) is 0 Å². The van der Waals surface area contributed by atoms with Gasteiger partial charge in [-0.25, -0.2) is 0 Å². The minimum Gasteiger partial charge on any atom is -0.390 e. The van der Waals surface area contributed by atoms with Crippen molar-refractivity contribution < 1.29 is 5.11 Å². The molecule has 0 amide bonds. The number of hydrogen-bond donors (Lipinski definition) is 2. The Morgan fingerprint density at radius 1 is 1.45 bits per heavy atom. The van der Waals surface area contributed by atoms with Crippen LogP contribution in [0.2, 0.25) is 0 Å². The van der Waals surface area contributed by atoms with Gasteiger partial charge < -0.3 is 10.4 Å². The van der Waals surface area contributed by atoms with Gasteiger partial charge in [0, 0.05) is 0 Å². The lowest BCUT2D eigenvalue weighted by Crippen LogP contribution is -2.42. The van der Waals surface area contributed by atoms with Crippen molar-refractivity contribution in [2.45, 2.75) is 24.9 Å². The van der Waals surface area contributed by atoms with Gasteiger partial charge in [-0.2, -0.15) is 11.8 Å². The third kappa shape index (κ3) is 3.01. The maximum absolute atomic E-state index is 9.95. The molecule has 11 heavy (non-hydrogen) atoms. The first-order valence-electron chi connectivity index (χ1n) is 4.19. The largest absolute Gasteiger partial charge is 0.390 e. The van der Waals surface area contributed by atoms with E-state index in [9.17, 15) is 5.11 Å². The summed E-state index contributed by atoms with van der Waals surface area (Å²) in [4.78, 5) is 0. The Morgan fingerprint density at radius 3 is 2.64 bits per heavy atom. The minimum atomic E-state index is -0.353. The van der Waals surface area contributed by atoms with Crippen molar-refractivity contribution in [2.75, 3.05) is 25.1 Å². The Kier molecular flexibility index (Phi) is 3.69. The molecule has 0 bridgehead atoms. The lowest BCUT2D eigenvalue weighted by Gasteiger charge is -2.32. The average molecular weight is 175 g/mol. The van der Waals surface area contributed by atoms with E-state index < -0.39 is 0 Å². The number of rotatable bonds is 3. The van der Waals surface area contributed by atoms with Crippen molar-refractivity contribution >= 4 is 11.8 Å². The molecule has 0 aromatic rings. The highest BCUT2D eigenvalue weighted by Crippen LogP contribution is 2.23. The summed E-state index contributed by atoms with van der Waals surface area (Å²) in [5.74, 6) is 1.08. The highest BCUT2D eigenvalue weighted by Gasteiger charge is 2.27. The molecule has 66 valence electrons. The molecule has 0 unspecified atom stereocenters. The second kappa shape index (κ2) is 4.33. The highest BCUT2D eigenvalue weighted by molar-refractivity contribution is 7.98. The second-order valence-electron chi connectivity index (χ2n) is 3.22. The molecular formula is C8H17NOS. The molecule has 0 spiro atoms. The van der Waals surface area contributed by atoms with E-state index in [4.69, 9.17) is 0 Å². The van der Waals surface area contributed by atoms with Crippen molar-refractivity contribution in [3.05, 3.63) is 0 Å². The summed E-state index contributed by atoms with van der Waals surface area (Å²) in [6, 6.07) is 0. The predicted octanol–water partition coefficient (Wildman–Crippen LogP) is 0.854. The summed E-state index contributed by atoms with van der Waals surface area (Å²) in [5.41, 5.74) is -0.353. The molecule has 1 heterocycles. The van der Waals surface area contributed by atoms with Crippen LogP contribution in [0.5, 0.6) is 0 Å². The summed E-state index contributed by atoms with van der Waals surface area (Å²) in [6.45, 7) is 1.95. The Balaban J connectivity index is 2.25. The molecule has 3 heteroatoms.